The third-order valence-electron chi connectivity index (χ3n) is 3.27. The van der Waals surface area contributed by atoms with Crippen LogP contribution in [0.25, 0.3) is 0 Å². The molecule has 1 fully saturated rings. The van der Waals surface area contributed by atoms with Gasteiger partial charge in [0.25, 0.3) is 5.91 Å². The average Bonchev–Trinajstić information content (AvgIpc) is 2.56. The minimum atomic E-state index is -0.107. The zero-order chi connectivity index (χ0) is 15.4. The highest BCUT2D eigenvalue weighted by Gasteiger charge is 2.19. The summed E-state index contributed by atoms with van der Waals surface area (Å²) < 4.78 is 6.21. The van der Waals surface area contributed by atoms with E-state index in [2.05, 4.69) is 31.2 Å². The number of carbonyl (C=O) groups is 1. The van der Waals surface area contributed by atoms with Crippen molar-refractivity contribution in [1.82, 2.24) is 14.9 Å². The smallest absolute Gasteiger partial charge is 0.274 e. The van der Waals surface area contributed by atoms with Crippen molar-refractivity contribution >= 4 is 33.3 Å². The van der Waals surface area contributed by atoms with Gasteiger partial charge in [-0.1, -0.05) is 22.0 Å². The number of anilines is 2. The molecule has 0 bridgehead atoms. The van der Waals surface area contributed by atoms with E-state index in [-0.39, 0.29) is 5.91 Å². The summed E-state index contributed by atoms with van der Waals surface area (Å²) in [5.74, 6) is 0.487. The Labute approximate surface area is 136 Å². The second kappa shape index (κ2) is 6.85. The maximum Gasteiger partial charge on any atom is 0.274 e. The van der Waals surface area contributed by atoms with Crippen LogP contribution in [0.3, 0.4) is 0 Å². The van der Waals surface area contributed by atoms with Crippen LogP contribution in [0.15, 0.2) is 41.1 Å². The molecule has 7 heteroatoms. The van der Waals surface area contributed by atoms with Crippen molar-refractivity contribution in [2.75, 3.05) is 31.6 Å². The maximum absolute atomic E-state index is 12.3. The molecule has 0 atom stereocenters. The van der Waals surface area contributed by atoms with E-state index in [0.717, 1.165) is 10.2 Å². The third kappa shape index (κ3) is 3.61. The summed E-state index contributed by atoms with van der Waals surface area (Å²) in [6.45, 7) is 2.33. The standard InChI is InChI=1S/C15H15BrN4O2/c16-11-2-1-3-12(8-11)19-14-10-17-13(9-18-14)15(21)20-4-6-22-7-5-20/h1-3,8-10H,4-7H2,(H,18,19). The summed E-state index contributed by atoms with van der Waals surface area (Å²) in [5.41, 5.74) is 1.25. The summed E-state index contributed by atoms with van der Waals surface area (Å²) in [7, 11) is 0. The van der Waals surface area contributed by atoms with Gasteiger partial charge in [-0.15, -0.1) is 0 Å². The summed E-state index contributed by atoms with van der Waals surface area (Å²) >= 11 is 3.41. The highest BCUT2D eigenvalue weighted by molar-refractivity contribution is 9.10. The number of ether oxygens (including phenoxy) is 1. The van der Waals surface area contributed by atoms with Crippen LogP contribution in [0, 0.1) is 0 Å². The number of rotatable bonds is 3. The lowest BCUT2D eigenvalue weighted by Crippen LogP contribution is -2.41. The van der Waals surface area contributed by atoms with Gasteiger partial charge in [0, 0.05) is 23.2 Å². The summed E-state index contributed by atoms with van der Waals surface area (Å²) in [4.78, 5) is 22.4. The van der Waals surface area contributed by atoms with Crippen LogP contribution in [-0.2, 0) is 4.74 Å². The molecule has 3 rings (SSSR count). The largest absolute Gasteiger partial charge is 0.378 e. The Kier molecular flexibility index (Phi) is 4.65. The Morgan fingerprint density at radius 1 is 1.23 bits per heavy atom. The number of hydrogen-bond acceptors (Lipinski definition) is 5. The monoisotopic (exact) mass is 362 g/mol. The van der Waals surface area contributed by atoms with Crippen LogP contribution in [-0.4, -0.2) is 47.1 Å². The molecule has 0 unspecified atom stereocenters. The molecule has 0 saturated carbocycles. The number of nitrogens with zero attached hydrogens (tertiary/aromatic N) is 3. The van der Waals surface area contributed by atoms with Crippen LogP contribution in [0.1, 0.15) is 10.5 Å². The van der Waals surface area contributed by atoms with Crippen LogP contribution in [0.4, 0.5) is 11.5 Å². The van der Waals surface area contributed by atoms with Crippen molar-refractivity contribution in [2.24, 2.45) is 0 Å². The van der Waals surface area contributed by atoms with Gasteiger partial charge >= 0.3 is 0 Å². The van der Waals surface area contributed by atoms with Gasteiger partial charge in [0.05, 0.1) is 25.6 Å². The van der Waals surface area contributed by atoms with Gasteiger partial charge in [0.1, 0.15) is 11.5 Å². The van der Waals surface area contributed by atoms with Crippen LogP contribution in [0.2, 0.25) is 0 Å². The van der Waals surface area contributed by atoms with Gasteiger partial charge in [-0.2, -0.15) is 0 Å². The van der Waals surface area contributed by atoms with Gasteiger partial charge < -0.3 is 15.0 Å². The molecule has 0 spiro atoms. The molecular formula is C15H15BrN4O2. The van der Waals surface area contributed by atoms with Crippen molar-refractivity contribution in [2.45, 2.75) is 0 Å². The Morgan fingerprint density at radius 3 is 2.73 bits per heavy atom. The van der Waals surface area contributed by atoms with Crippen molar-refractivity contribution in [3.63, 3.8) is 0 Å². The van der Waals surface area contributed by atoms with E-state index in [1.165, 1.54) is 6.20 Å². The fraction of sp³-hybridized carbons (Fsp3) is 0.267. The maximum atomic E-state index is 12.3. The Morgan fingerprint density at radius 2 is 2.05 bits per heavy atom. The van der Waals surface area contributed by atoms with E-state index in [9.17, 15) is 4.79 Å². The first kappa shape index (κ1) is 14.9. The number of carbonyl (C=O) groups excluding carboxylic acids is 1. The van der Waals surface area contributed by atoms with Crippen molar-refractivity contribution in [3.05, 3.63) is 46.8 Å². The van der Waals surface area contributed by atoms with Crippen LogP contribution < -0.4 is 5.32 Å². The molecule has 1 aromatic heterocycles. The molecule has 0 aliphatic carbocycles. The van der Waals surface area contributed by atoms with Gasteiger partial charge in [0.15, 0.2) is 0 Å². The number of benzene rings is 1. The van der Waals surface area contributed by atoms with Gasteiger partial charge in [0.2, 0.25) is 0 Å². The number of morpholine rings is 1. The number of amides is 1. The Hall–Kier alpha value is -1.99. The fourth-order valence-corrected chi connectivity index (χ4v) is 2.54. The molecule has 22 heavy (non-hydrogen) atoms. The van der Waals surface area contributed by atoms with Gasteiger partial charge in [-0.05, 0) is 18.2 Å². The van der Waals surface area contributed by atoms with Gasteiger partial charge in [-0.25, -0.2) is 9.97 Å². The fourth-order valence-electron chi connectivity index (χ4n) is 2.15. The molecular weight excluding hydrogens is 348 g/mol. The molecule has 1 saturated heterocycles. The highest BCUT2D eigenvalue weighted by Crippen LogP contribution is 2.19. The van der Waals surface area contributed by atoms with E-state index in [1.54, 1.807) is 11.1 Å². The number of nitrogens with one attached hydrogen (secondary N) is 1. The number of hydrogen-bond donors (Lipinski definition) is 1. The average molecular weight is 363 g/mol. The van der Waals surface area contributed by atoms with E-state index in [4.69, 9.17) is 4.74 Å². The summed E-state index contributed by atoms with van der Waals surface area (Å²) in [5, 5.41) is 3.14. The predicted molar refractivity (Wildman–Crippen MR) is 86.2 cm³/mol. The molecule has 0 radical (unpaired) electrons. The van der Waals surface area contributed by atoms with Crippen molar-refractivity contribution in [1.29, 1.82) is 0 Å². The predicted octanol–water partition coefficient (Wildman–Crippen LogP) is 2.46. The molecule has 1 aliphatic rings. The first-order chi connectivity index (χ1) is 10.7. The van der Waals surface area contributed by atoms with Crippen molar-refractivity contribution in [3.8, 4) is 0 Å². The van der Waals surface area contributed by atoms with Gasteiger partial charge in [-0.3, -0.25) is 4.79 Å². The van der Waals surface area contributed by atoms with Crippen LogP contribution >= 0.6 is 15.9 Å². The van der Waals surface area contributed by atoms with E-state index in [1.807, 2.05) is 24.3 Å². The number of halogens is 1. The second-order valence-electron chi connectivity index (χ2n) is 4.83. The first-order valence-electron chi connectivity index (χ1n) is 6.94. The SMILES string of the molecule is O=C(c1cnc(Nc2cccc(Br)c2)cn1)N1CCOCC1. The van der Waals surface area contributed by atoms with E-state index in [0.29, 0.717) is 37.8 Å². The quantitative estimate of drug-likeness (QED) is 0.908. The first-order valence-corrected chi connectivity index (χ1v) is 7.73. The molecule has 1 aliphatic heterocycles. The summed E-state index contributed by atoms with van der Waals surface area (Å²) in [6, 6.07) is 7.74. The molecule has 2 heterocycles. The summed E-state index contributed by atoms with van der Waals surface area (Å²) in [6.07, 6.45) is 3.06. The molecule has 1 N–H and O–H groups in total. The molecule has 6 nitrogen and oxygen atoms in total. The zero-order valence-electron chi connectivity index (χ0n) is 11.8. The second-order valence-corrected chi connectivity index (χ2v) is 5.74. The topological polar surface area (TPSA) is 67.4 Å². The minimum Gasteiger partial charge on any atom is -0.378 e. The Balaban J connectivity index is 1.68. The molecule has 114 valence electrons. The lowest BCUT2D eigenvalue weighted by Gasteiger charge is -2.26. The minimum absolute atomic E-state index is 0.107. The van der Waals surface area contributed by atoms with E-state index < -0.39 is 0 Å². The van der Waals surface area contributed by atoms with Crippen LogP contribution in [0.5, 0.6) is 0 Å². The third-order valence-corrected chi connectivity index (χ3v) is 3.76. The molecule has 1 aromatic carbocycles. The highest BCUT2D eigenvalue weighted by atomic mass is 79.9. The number of aromatic nitrogens is 2. The molecule has 1 amide bonds. The Bertz CT molecular complexity index is 657. The molecule has 2 aromatic rings. The van der Waals surface area contributed by atoms with Crippen molar-refractivity contribution < 1.29 is 9.53 Å². The van der Waals surface area contributed by atoms with E-state index >= 15 is 0 Å². The lowest BCUT2D eigenvalue weighted by molar-refractivity contribution is 0.0298. The lowest BCUT2D eigenvalue weighted by atomic mass is 10.3. The normalized spacial score (nSPS) is 14.7. The zero-order valence-corrected chi connectivity index (χ0v) is 13.4.